The lowest BCUT2D eigenvalue weighted by Gasteiger charge is -2.12. The van der Waals surface area contributed by atoms with Crippen LogP contribution in [0, 0.1) is 5.82 Å². The predicted octanol–water partition coefficient (Wildman–Crippen LogP) is 2.40. The number of ether oxygens (including phenoxy) is 1. The minimum absolute atomic E-state index is 0.119. The number of imidazole rings is 1. The molecule has 0 bridgehead atoms. The maximum absolute atomic E-state index is 13.4. The third kappa shape index (κ3) is 3.80. The Balaban J connectivity index is 2.03. The lowest BCUT2D eigenvalue weighted by Crippen LogP contribution is -2.11. The zero-order chi connectivity index (χ0) is 15.4. The molecule has 0 fully saturated rings. The van der Waals surface area contributed by atoms with Crippen LogP contribution in [0.2, 0.25) is 0 Å². The number of hydrogen-bond acceptors (Lipinski definition) is 4. The molecule has 0 saturated heterocycles. The first kappa shape index (κ1) is 15.0. The van der Waals surface area contributed by atoms with Gasteiger partial charge in [-0.3, -0.25) is 0 Å². The van der Waals surface area contributed by atoms with Crippen LogP contribution in [0.4, 0.5) is 24.5 Å². The quantitative estimate of drug-likeness (QED) is 0.804. The van der Waals surface area contributed by atoms with Crippen LogP contribution in [0.3, 0.4) is 0 Å². The Bertz CT molecular complexity index is 615. The van der Waals surface area contributed by atoms with Crippen molar-refractivity contribution in [2.75, 3.05) is 17.6 Å². The van der Waals surface area contributed by atoms with E-state index in [0.29, 0.717) is 18.7 Å². The van der Waals surface area contributed by atoms with Gasteiger partial charge in [-0.25, -0.2) is 9.37 Å². The van der Waals surface area contributed by atoms with E-state index in [0.717, 1.165) is 18.0 Å². The number of nitrogens with zero attached hydrogens (tertiary/aromatic N) is 2. The van der Waals surface area contributed by atoms with Gasteiger partial charge in [-0.15, -0.1) is 0 Å². The second-order valence-corrected chi connectivity index (χ2v) is 4.38. The molecule has 0 unspecified atom stereocenters. The number of hydrogen-bond donors (Lipinski definition) is 2. The highest BCUT2D eigenvalue weighted by Gasteiger charge is 2.13. The second-order valence-electron chi connectivity index (χ2n) is 4.38. The maximum atomic E-state index is 13.4. The third-order valence-electron chi connectivity index (χ3n) is 2.91. The smallest absolute Gasteiger partial charge is 0.387 e. The van der Waals surface area contributed by atoms with E-state index >= 15 is 0 Å². The average molecular weight is 300 g/mol. The molecule has 5 nitrogen and oxygen atoms in total. The largest absolute Gasteiger partial charge is 0.432 e. The summed E-state index contributed by atoms with van der Waals surface area (Å²) < 4.78 is 43.7. The Hall–Kier alpha value is -2.38. The highest BCUT2D eigenvalue weighted by atomic mass is 19.3. The van der Waals surface area contributed by atoms with Gasteiger partial charge in [0.2, 0.25) is 0 Å². The SMILES string of the molecule is Cn1ccnc1CCNc1cc(OC(F)F)c(F)cc1N. The molecule has 114 valence electrons. The third-order valence-corrected chi connectivity index (χ3v) is 2.91. The van der Waals surface area contributed by atoms with E-state index in [-0.39, 0.29) is 5.69 Å². The average Bonchev–Trinajstić information content (AvgIpc) is 2.80. The van der Waals surface area contributed by atoms with Crippen molar-refractivity contribution in [2.45, 2.75) is 13.0 Å². The van der Waals surface area contributed by atoms with Crippen molar-refractivity contribution in [3.63, 3.8) is 0 Å². The van der Waals surface area contributed by atoms with E-state index in [1.807, 2.05) is 17.8 Å². The molecule has 1 heterocycles. The number of anilines is 2. The monoisotopic (exact) mass is 300 g/mol. The molecule has 0 aliphatic rings. The van der Waals surface area contributed by atoms with Crippen LogP contribution in [0.25, 0.3) is 0 Å². The van der Waals surface area contributed by atoms with E-state index < -0.39 is 18.2 Å². The van der Waals surface area contributed by atoms with E-state index in [1.54, 1.807) is 6.20 Å². The maximum Gasteiger partial charge on any atom is 0.387 e. The molecule has 0 aliphatic heterocycles. The molecule has 3 N–H and O–H groups in total. The Kier molecular flexibility index (Phi) is 4.56. The standard InChI is InChI=1S/C13H15F3N4O/c1-20-5-4-19-12(20)2-3-18-10-7-11(21-13(15)16)8(14)6-9(10)17/h4-7,13,18H,2-3,17H2,1H3. The van der Waals surface area contributed by atoms with Gasteiger partial charge >= 0.3 is 6.61 Å². The lowest BCUT2D eigenvalue weighted by molar-refractivity contribution is -0.0521. The summed E-state index contributed by atoms with van der Waals surface area (Å²) in [6.45, 7) is -2.63. The number of aromatic nitrogens is 2. The molecule has 0 saturated carbocycles. The number of halogens is 3. The predicted molar refractivity (Wildman–Crippen MR) is 72.8 cm³/mol. The van der Waals surface area contributed by atoms with Gasteiger partial charge in [-0.05, 0) is 0 Å². The first-order valence-corrected chi connectivity index (χ1v) is 6.21. The molecule has 21 heavy (non-hydrogen) atoms. The van der Waals surface area contributed by atoms with Crippen LogP contribution < -0.4 is 15.8 Å². The first-order valence-electron chi connectivity index (χ1n) is 6.21. The van der Waals surface area contributed by atoms with Crippen molar-refractivity contribution in [1.82, 2.24) is 9.55 Å². The number of aryl methyl sites for hydroxylation is 1. The Labute approximate surface area is 119 Å². The molecule has 0 aliphatic carbocycles. The molecule has 0 atom stereocenters. The molecule has 0 amide bonds. The molecular weight excluding hydrogens is 285 g/mol. The van der Waals surface area contributed by atoms with E-state index in [4.69, 9.17) is 5.73 Å². The summed E-state index contributed by atoms with van der Waals surface area (Å²) in [5, 5.41) is 2.95. The Morgan fingerprint density at radius 3 is 2.81 bits per heavy atom. The summed E-state index contributed by atoms with van der Waals surface area (Å²) in [4.78, 5) is 4.15. The fourth-order valence-corrected chi connectivity index (χ4v) is 1.85. The minimum atomic E-state index is -3.09. The van der Waals surface area contributed by atoms with Crippen molar-refractivity contribution < 1.29 is 17.9 Å². The molecule has 2 rings (SSSR count). The molecule has 0 spiro atoms. The summed E-state index contributed by atoms with van der Waals surface area (Å²) in [6, 6.07) is 2.07. The van der Waals surface area contributed by atoms with Gasteiger partial charge < -0.3 is 20.4 Å². The second kappa shape index (κ2) is 6.38. The van der Waals surface area contributed by atoms with Gasteiger partial charge in [0.05, 0.1) is 11.4 Å². The number of nitrogens with two attached hydrogens (primary N) is 1. The summed E-state index contributed by atoms with van der Waals surface area (Å²) >= 11 is 0. The molecular formula is C13H15F3N4O. The molecule has 1 aromatic carbocycles. The van der Waals surface area contributed by atoms with Gasteiger partial charge in [0.25, 0.3) is 0 Å². The van der Waals surface area contributed by atoms with Crippen molar-refractivity contribution in [1.29, 1.82) is 0 Å². The van der Waals surface area contributed by atoms with Crippen LogP contribution in [0.15, 0.2) is 24.5 Å². The van der Waals surface area contributed by atoms with Crippen LogP contribution in [0.5, 0.6) is 5.75 Å². The van der Waals surface area contributed by atoms with Gasteiger partial charge in [-0.1, -0.05) is 0 Å². The van der Waals surface area contributed by atoms with Gasteiger partial charge in [0.1, 0.15) is 5.82 Å². The Morgan fingerprint density at radius 1 is 1.43 bits per heavy atom. The summed E-state index contributed by atoms with van der Waals surface area (Å²) in [5.41, 5.74) is 6.10. The normalized spacial score (nSPS) is 10.9. The van der Waals surface area contributed by atoms with E-state index in [2.05, 4.69) is 15.0 Å². The highest BCUT2D eigenvalue weighted by Crippen LogP contribution is 2.29. The van der Waals surface area contributed by atoms with Crippen molar-refractivity contribution in [3.05, 3.63) is 36.2 Å². The number of benzene rings is 1. The number of rotatable bonds is 6. The zero-order valence-corrected chi connectivity index (χ0v) is 11.3. The van der Waals surface area contributed by atoms with Crippen LogP contribution in [-0.4, -0.2) is 22.7 Å². The van der Waals surface area contributed by atoms with E-state index in [1.165, 1.54) is 0 Å². The van der Waals surface area contributed by atoms with Gasteiger partial charge in [-0.2, -0.15) is 8.78 Å². The van der Waals surface area contributed by atoms with Gasteiger partial charge in [0, 0.05) is 44.5 Å². The molecule has 1 aromatic heterocycles. The topological polar surface area (TPSA) is 65.1 Å². The number of nitrogens with one attached hydrogen (secondary N) is 1. The molecule has 2 aromatic rings. The van der Waals surface area contributed by atoms with Crippen molar-refractivity contribution in [3.8, 4) is 5.75 Å². The van der Waals surface area contributed by atoms with Gasteiger partial charge in [0.15, 0.2) is 11.6 Å². The fourth-order valence-electron chi connectivity index (χ4n) is 1.85. The summed E-state index contributed by atoms with van der Waals surface area (Å²) in [6.07, 6.45) is 4.09. The minimum Gasteiger partial charge on any atom is -0.432 e. The highest BCUT2D eigenvalue weighted by molar-refractivity contribution is 5.68. The summed E-state index contributed by atoms with van der Waals surface area (Å²) in [5.74, 6) is -0.617. The number of alkyl halides is 2. The lowest BCUT2D eigenvalue weighted by atomic mass is 10.2. The summed E-state index contributed by atoms with van der Waals surface area (Å²) in [7, 11) is 1.86. The van der Waals surface area contributed by atoms with Crippen molar-refractivity contribution >= 4 is 11.4 Å². The molecule has 8 heteroatoms. The van der Waals surface area contributed by atoms with Crippen LogP contribution in [0.1, 0.15) is 5.82 Å². The molecule has 0 radical (unpaired) electrons. The first-order chi connectivity index (χ1) is 9.97. The Morgan fingerprint density at radius 2 is 2.19 bits per heavy atom. The van der Waals surface area contributed by atoms with Crippen molar-refractivity contribution in [2.24, 2.45) is 7.05 Å². The fraction of sp³-hybridized carbons (Fsp3) is 0.308. The van der Waals surface area contributed by atoms with E-state index in [9.17, 15) is 13.2 Å². The zero-order valence-electron chi connectivity index (χ0n) is 11.3. The number of nitrogen functional groups attached to an aromatic ring is 1. The van der Waals surface area contributed by atoms with Crippen LogP contribution >= 0.6 is 0 Å². The van der Waals surface area contributed by atoms with Crippen LogP contribution in [-0.2, 0) is 13.5 Å².